The lowest BCUT2D eigenvalue weighted by Gasteiger charge is -2.36. The number of hydrogen-bond donors (Lipinski definition) is 0. The SMILES string of the molecule is CC(=O)N1CCC(N2CC[C@H](c3nccc(C)n3)C2)CC1. The standard InChI is InChI=1S/C16H24N4O/c1-12-3-7-17-16(18-12)14-4-8-20(11-14)15-5-9-19(10-6-15)13(2)21/h3,7,14-15H,4-6,8-11H2,1-2H3/t14-/m0/s1. The summed E-state index contributed by atoms with van der Waals surface area (Å²) in [5.74, 6) is 1.68. The van der Waals surface area contributed by atoms with Crippen LogP contribution in [-0.4, -0.2) is 57.9 Å². The number of piperidine rings is 1. The van der Waals surface area contributed by atoms with Crippen molar-refractivity contribution in [3.63, 3.8) is 0 Å². The highest BCUT2D eigenvalue weighted by molar-refractivity contribution is 5.73. The zero-order chi connectivity index (χ0) is 14.8. The van der Waals surface area contributed by atoms with Crippen LogP contribution in [0, 0.1) is 6.92 Å². The van der Waals surface area contributed by atoms with Crippen molar-refractivity contribution in [2.24, 2.45) is 0 Å². The van der Waals surface area contributed by atoms with Crippen molar-refractivity contribution in [1.82, 2.24) is 19.8 Å². The van der Waals surface area contributed by atoms with Crippen molar-refractivity contribution >= 4 is 5.91 Å². The van der Waals surface area contributed by atoms with Gasteiger partial charge in [0.05, 0.1) is 0 Å². The van der Waals surface area contributed by atoms with E-state index in [4.69, 9.17) is 0 Å². The van der Waals surface area contributed by atoms with Gasteiger partial charge in [-0.25, -0.2) is 9.97 Å². The molecule has 3 rings (SSSR count). The van der Waals surface area contributed by atoms with E-state index in [1.807, 2.05) is 24.1 Å². The van der Waals surface area contributed by atoms with E-state index in [1.54, 1.807) is 6.92 Å². The van der Waals surface area contributed by atoms with Crippen LogP contribution in [0.4, 0.5) is 0 Å². The Kier molecular flexibility index (Phi) is 4.19. The molecule has 0 saturated carbocycles. The number of aryl methyl sites for hydroxylation is 1. The summed E-state index contributed by atoms with van der Waals surface area (Å²) < 4.78 is 0. The Balaban J connectivity index is 1.57. The third kappa shape index (κ3) is 3.23. The molecule has 114 valence electrons. The minimum Gasteiger partial charge on any atom is -0.343 e. The van der Waals surface area contributed by atoms with Crippen LogP contribution in [0.1, 0.15) is 43.6 Å². The van der Waals surface area contributed by atoms with Gasteiger partial charge in [0.2, 0.25) is 5.91 Å². The molecule has 5 heteroatoms. The molecule has 1 atom stereocenters. The van der Waals surface area contributed by atoms with Gasteiger partial charge in [-0.15, -0.1) is 0 Å². The quantitative estimate of drug-likeness (QED) is 0.829. The molecule has 0 radical (unpaired) electrons. The topological polar surface area (TPSA) is 49.3 Å². The molecule has 3 heterocycles. The van der Waals surface area contributed by atoms with Crippen LogP contribution in [0.25, 0.3) is 0 Å². The van der Waals surface area contributed by atoms with E-state index in [0.717, 1.165) is 57.0 Å². The molecule has 21 heavy (non-hydrogen) atoms. The number of likely N-dealkylation sites (tertiary alicyclic amines) is 2. The molecule has 0 aliphatic carbocycles. The zero-order valence-electron chi connectivity index (χ0n) is 13.0. The predicted molar refractivity (Wildman–Crippen MR) is 81.0 cm³/mol. The molecule has 0 aromatic carbocycles. The lowest BCUT2D eigenvalue weighted by Crippen LogP contribution is -2.45. The Hall–Kier alpha value is -1.49. The molecule has 0 bridgehead atoms. The highest BCUT2D eigenvalue weighted by Gasteiger charge is 2.32. The molecular weight excluding hydrogens is 264 g/mol. The molecule has 0 spiro atoms. The summed E-state index contributed by atoms with van der Waals surface area (Å²) in [5, 5.41) is 0. The first-order valence-electron chi connectivity index (χ1n) is 7.92. The smallest absolute Gasteiger partial charge is 0.219 e. The Bertz CT molecular complexity index is 511. The minimum atomic E-state index is 0.209. The van der Waals surface area contributed by atoms with Crippen molar-refractivity contribution in [2.45, 2.75) is 45.1 Å². The van der Waals surface area contributed by atoms with E-state index in [9.17, 15) is 4.79 Å². The normalized spacial score (nSPS) is 24.5. The summed E-state index contributed by atoms with van der Waals surface area (Å²) in [5.41, 5.74) is 1.05. The monoisotopic (exact) mass is 288 g/mol. The van der Waals surface area contributed by atoms with Crippen molar-refractivity contribution < 1.29 is 4.79 Å². The van der Waals surface area contributed by atoms with Gasteiger partial charge >= 0.3 is 0 Å². The number of aromatic nitrogens is 2. The van der Waals surface area contributed by atoms with Crippen LogP contribution in [-0.2, 0) is 4.79 Å². The lowest BCUT2D eigenvalue weighted by molar-refractivity contribution is -0.130. The maximum Gasteiger partial charge on any atom is 0.219 e. The van der Waals surface area contributed by atoms with Gasteiger partial charge in [0.25, 0.3) is 0 Å². The summed E-state index contributed by atoms with van der Waals surface area (Å²) in [6.07, 6.45) is 5.21. The summed E-state index contributed by atoms with van der Waals surface area (Å²) in [7, 11) is 0. The molecule has 1 amide bonds. The molecule has 5 nitrogen and oxygen atoms in total. The second kappa shape index (κ2) is 6.10. The Morgan fingerprint density at radius 2 is 2.00 bits per heavy atom. The molecule has 2 saturated heterocycles. The Morgan fingerprint density at radius 3 is 2.67 bits per heavy atom. The number of carbonyl (C=O) groups excluding carboxylic acids is 1. The highest BCUT2D eigenvalue weighted by Crippen LogP contribution is 2.29. The fourth-order valence-electron chi connectivity index (χ4n) is 3.54. The van der Waals surface area contributed by atoms with Crippen molar-refractivity contribution in [3.05, 3.63) is 23.8 Å². The van der Waals surface area contributed by atoms with E-state index < -0.39 is 0 Å². The minimum absolute atomic E-state index is 0.209. The third-order valence-corrected chi connectivity index (χ3v) is 4.82. The van der Waals surface area contributed by atoms with Crippen LogP contribution in [0.15, 0.2) is 12.3 Å². The first-order valence-corrected chi connectivity index (χ1v) is 7.92. The molecule has 0 N–H and O–H groups in total. The largest absolute Gasteiger partial charge is 0.343 e. The lowest BCUT2D eigenvalue weighted by atomic mass is 10.0. The first kappa shape index (κ1) is 14.4. The van der Waals surface area contributed by atoms with Gasteiger partial charge in [-0.3, -0.25) is 9.69 Å². The van der Waals surface area contributed by atoms with E-state index in [2.05, 4.69) is 14.9 Å². The van der Waals surface area contributed by atoms with E-state index >= 15 is 0 Å². The summed E-state index contributed by atoms with van der Waals surface area (Å²) in [4.78, 5) is 25.0. The fourth-order valence-corrected chi connectivity index (χ4v) is 3.54. The summed E-state index contributed by atoms with van der Waals surface area (Å²) in [6.45, 7) is 7.70. The second-order valence-corrected chi connectivity index (χ2v) is 6.27. The number of amides is 1. The first-order chi connectivity index (χ1) is 10.1. The molecular formula is C16H24N4O. The number of hydrogen-bond acceptors (Lipinski definition) is 4. The maximum absolute atomic E-state index is 11.4. The van der Waals surface area contributed by atoms with Crippen LogP contribution < -0.4 is 0 Å². The average Bonchev–Trinajstić information content (AvgIpc) is 2.97. The molecule has 1 aromatic heterocycles. The van der Waals surface area contributed by atoms with Gasteiger partial charge in [-0.2, -0.15) is 0 Å². The van der Waals surface area contributed by atoms with Crippen molar-refractivity contribution in [2.75, 3.05) is 26.2 Å². The second-order valence-electron chi connectivity index (χ2n) is 6.27. The molecule has 2 aliphatic heterocycles. The Morgan fingerprint density at radius 1 is 1.24 bits per heavy atom. The number of rotatable bonds is 2. The average molecular weight is 288 g/mol. The van der Waals surface area contributed by atoms with Crippen LogP contribution in [0.2, 0.25) is 0 Å². The molecule has 0 unspecified atom stereocenters. The van der Waals surface area contributed by atoms with Crippen molar-refractivity contribution in [1.29, 1.82) is 0 Å². The fraction of sp³-hybridized carbons (Fsp3) is 0.688. The highest BCUT2D eigenvalue weighted by atomic mass is 16.2. The van der Waals surface area contributed by atoms with Gasteiger partial charge < -0.3 is 4.90 Å². The molecule has 2 fully saturated rings. The van der Waals surface area contributed by atoms with E-state index in [-0.39, 0.29) is 5.91 Å². The molecule has 1 aromatic rings. The number of nitrogens with zero attached hydrogens (tertiary/aromatic N) is 4. The third-order valence-electron chi connectivity index (χ3n) is 4.82. The summed E-state index contributed by atoms with van der Waals surface area (Å²) >= 11 is 0. The van der Waals surface area contributed by atoms with E-state index in [1.165, 1.54) is 0 Å². The maximum atomic E-state index is 11.4. The van der Waals surface area contributed by atoms with Gasteiger partial charge in [0.15, 0.2) is 0 Å². The van der Waals surface area contributed by atoms with Crippen LogP contribution in [0.3, 0.4) is 0 Å². The Labute approximate surface area is 126 Å². The van der Waals surface area contributed by atoms with Crippen LogP contribution in [0.5, 0.6) is 0 Å². The van der Waals surface area contributed by atoms with Gasteiger partial charge in [-0.1, -0.05) is 0 Å². The van der Waals surface area contributed by atoms with Gasteiger partial charge in [0, 0.05) is 50.4 Å². The van der Waals surface area contributed by atoms with E-state index in [0.29, 0.717) is 12.0 Å². The van der Waals surface area contributed by atoms with Crippen molar-refractivity contribution in [3.8, 4) is 0 Å². The van der Waals surface area contributed by atoms with Gasteiger partial charge in [-0.05, 0) is 38.8 Å². The zero-order valence-corrected chi connectivity index (χ0v) is 13.0. The molecule has 2 aliphatic rings. The van der Waals surface area contributed by atoms with Crippen LogP contribution >= 0.6 is 0 Å². The summed E-state index contributed by atoms with van der Waals surface area (Å²) in [6, 6.07) is 2.57. The number of carbonyl (C=O) groups is 1. The van der Waals surface area contributed by atoms with Gasteiger partial charge in [0.1, 0.15) is 5.82 Å². The predicted octanol–water partition coefficient (Wildman–Crippen LogP) is 1.59.